The summed E-state index contributed by atoms with van der Waals surface area (Å²) >= 11 is 0. The zero-order valence-corrected chi connectivity index (χ0v) is 15.4. The molecule has 3 rings (SSSR count). The number of carbonyl (C=O) groups excluding carboxylic acids is 1. The van der Waals surface area contributed by atoms with Crippen LogP contribution in [0.15, 0.2) is 48.7 Å². The first-order valence-electron chi connectivity index (χ1n) is 9.49. The topological polar surface area (TPSA) is 57.3 Å². The molecule has 1 fully saturated rings. The number of likely N-dealkylation sites (tertiary alicyclic amines) is 1. The SMILES string of the molecule is CCNC(=O)c1cc(NCC2CCN(CCc3ccccc3)C2)ccn1. The molecule has 0 bridgehead atoms. The Morgan fingerprint density at radius 3 is 2.92 bits per heavy atom. The maximum absolute atomic E-state index is 11.9. The van der Waals surface area contributed by atoms with Gasteiger partial charge in [-0.1, -0.05) is 30.3 Å². The molecule has 1 aliphatic heterocycles. The highest BCUT2D eigenvalue weighted by molar-refractivity contribution is 5.93. The number of carbonyl (C=O) groups is 1. The van der Waals surface area contributed by atoms with Crippen molar-refractivity contribution < 1.29 is 4.79 Å². The molecule has 5 nitrogen and oxygen atoms in total. The number of hydrogen-bond donors (Lipinski definition) is 2. The van der Waals surface area contributed by atoms with Crippen molar-refractivity contribution in [3.8, 4) is 0 Å². The zero-order valence-electron chi connectivity index (χ0n) is 15.4. The molecule has 2 aromatic rings. The summed E-state index contributed by atoms with van der Waals surface area (Å²) in [5.74, 6) is 0.524. The molecule has 1 amide bonds. The Bertz CT molecular complexity index is 704. The average molecular weight is 352 g/mol. The number of hydrogen-bond acceptors (Lipinski definition) is 4. The number of aromatic nitrogens is 1. The van der Waals surface area contributed by atoms with Crippen LogP contribution < -0.4 is 10.6 Å². The largest absolute Gasteiger partial charge is 0.385 e. The van der Waals surface area contributed by atoms with Crippen LogP contribution >= 0.6 is 0 Å². The highest BCUT2D eigenvalue weighted by Crippen LogP contribution is 2.18. The molecule has 1 aliphatic rings. The van der Waals surface area contributed by atoms with E-state index in [0.717, 1.165) is 31.7 Å². The van der Waals surface area contributed by atoms with Gasteiger partial charge in [0.15, 0.2) is 0 Å². The van der Waals surface area contributed by atoms with Crippen LogP contribution in [0.5, 0.6) is 0 Å². The zero-order chi connectivity index (χ0) is 18.2. The normalized spacial score (nSPS) is 17.2. The van der Waals surface area contributed by atoms with Gasteiger partial charge < -0.3 is 15.5 Å². The smallest absolute Gasteiger partial charge is 0.269 e. The van der Waals surface area contributed by atoms with Gasteiger partial charge in [0.1, 0.15) is 5.69 Å². The second-order valence-corrected chi connectivity index (χ2v) is 6.86. The van der Waals surface area contributed by atoms with Gasteiger partial charge in [0.2, 0.25) is 0 Å². The summed E-state index contributed by atoms with van der Waals surface area (Å²) in [5, 5.41) is 6.26. The van der Waals surface area contributed by atoms with E-state index in [0.29, 0.717) is 18.2 Å². The second kappa shape index (κ2) is 9.34. The molecule has 0 spiro atoms. The number of benzene rings is 1. The van der Waals surface area contributed by atoms with Crippen LogP contribution in [0.2, 0.25) is 0 Å². The summed E-state index contributed by atoms with van der Waals surface area (Å²) in [6, 6.07) is 14.4. The molecule has 0 saturated carbocycles. The minimum Gasteiger partial charge on any atom is -0.385 e. The Labute approximate surface area is 155 Å². The van der Waals surface area contributed by atoms with Crippen LogP contribution in [0.4, 0.5) is 5.69 Å². The lowest BCUT2D eigenvalue weighted by Crippen LogP contribution is -2.25. The maximum Gasteiger partial charge on any atom is 0.269 e. The van der Waals surface area contributed by atoms with Crippen LogP contribution in [-0.4, -0.2) is 48.5 Å². The molecule has 0 aliphatic carbocycles. The predicted octanol–water partition coefficient (Wildman–Crippen LogP) is 2.81. The Balaban J connectivity index is 1.43. The number of nitrogens with one attached hydrogen (secondary N) is 2. The summed E-state index contributed by atoms with van der Waals surface area (Å²) in [4.78, 5) is 18.6. The van der Waals surface area contributed by atoms with Gasteiger partial charge in [-0.05, 0) is 49.9 Å². The van der Waals surface area contributed by atoms with E-state index in [1.165, 1.54) is 18.5 Å². The summed E-state index contributed by atoms with van der Waals surface area (Å²) < 4.78 is 0. The van der Waals surface area contributed by atoms with Gasteiger partial charge in [0.05, 0.1) is 0 Å². The summed E-state index contributed by atoms with van der Waals surface area (Å²) in [6.45, 7) is 6.87. The highest BCUT2D eigenvalue weighted by atomic mass is 16.1. The van der Waals surface area contributed by atoms with E-state index in [2.05, 4.69) is 50.8 Å². The molecule has 5 heteroatoms. The molecule has 1 atom stereocenters. The van der Waals surface area contributed by atoms with Crippen molar-refractivity contribution in [2.24, 2.45) is 5.92 Å². The summed E-state index contributed by atoms with van der Waals surface area (Å²) in [7, 11) is 0. The third-order valence-electron chi connectivity index (χ3n) is 4.85. The molecular weight excluding hydrogens is 324 g/mol. The van der Waals surface area contributed by atoms with E-state index in [9.17, 15) is 4.79 Å². The molecule has 26 heavy (non-hydrogen) atoms. The Kier molecular flexibility index (Phi) is 6.61. The average Bonchev–Trinajstić information content (AvgIpc) is 3.14. The quantitative estimate of drug-likeness (QED) is 0.767. The van der Waals surface area contributed by atoms with Crippen LogP contribution in [-0.2, 0) is 6.42 Å². The first-order valence-corrected chi connectivity index (χ1v) is 9.49. The molecule has 1 unspecified atom stereocenters. The van der Waals surface area contributed by atoms with Gasteiger partial charge >= 0.3 is 0 Å². The lowest BCUT2D eigenvalue weighted by molar-refractivity contribution is 0.0951. The Morgan fingerprint density at radius 2 is 2.12 bits per heavy atom. The second-order valence-electron chi connectivity index (χ2n) is 6.86. The van der Waals surface area contributed by atoms with Crippen molar-refractivity contribution in [2.45, 2.75) is 19.8 Å². The van der Waals surface area contributed by atoms with E-state index < -0.39 is 0 Å². The highest BCUT2D eigenvalue weighted by Gasteiger charge is 2.21. The molecule has 2 heterocycles. The number of pyridine rings is 1. The van der Waals surface area contributed by atoms with Crippen molar-refractivity contribution >= 4 is 11.6 Å². The van der Waals surface area contributed by atoms with Crippen molar-refractivity contribution in [3.05, 3.63) is 59.9 Å². The van der Waals surface area contributed by atoms with Crippen molar-refractivity contribution in [3.63, 3.8) is 0 Å². The van der Waals surface area contributed by atoms with E-state index >= 15 is 0 Å². The van der Waals surface area contributed by atoms with E-state index in [1.807, 2.05) is 19.1 Å². The van der Waals surface area contributed by atoms with Crippen molar-refractivity contribution in [2.75, 3.05) is 38.0 Å². The number of anilines is 1. The fourth-order valence-corrected chi connectivity index (χ4v) is 3.39. The Morgan fingerprint density at radius 1 is 1.27 bits per heavy atom. The number of rotatable bonds is 8. The van der Waals surface area contributed by atoms with E-state index in [-0.39, 0.29) is 5.91 Å². The van der Waals surface area contributed by atoms with E-state index in [1.54, 1.807) is 6.20 Å². The maximum atomic E-state index is 11.9. The summed E-state index contributed by atoms with van der Waals surface area (Å²) in [6.07, 6.45) is 4.02. The fourth-order valence-electron chi connectivity index (χ4n) is 3.39. The van der Waals surface area contributed by atoms with Gasteiger partial charge in [-0.3, -0.25) is 9.78 Å². The first-order chi connectivity index (χ1) is 12.7. The molecule has 1 aromatic heterocycles. The van der Waals surface area contributed by atoms with Gasteiger partial charge in [0.25, 0.3) is 5.91 Å². The molecule has 2 N–H and O–H groups in total. The van der Waals surface area contributed by atoms with Gasteiger partial charge in [0, 0.05) is 38.1 Å². The molecule has 1 saturated heterocycles. The monoisotopic (exact) mass is 352 g/mol. The van der Waals surface area contributed by atoms with Crippen LogP contribution in [0.3, 0.4) is 0 Å². The molecular formula is C21H28N4O. The lowest BCUT2D eigenvalue weighted by atomic mass is 10.1. The Hall–Kier alpha value is -2.40. The number of amides is 1. The van der Waals surface area contributed by atoms with Gasteiger partial charge in [-0.25, -0.2) is 0 Å². The fraction of sp³-hybridized carbons (Fsp3) is 0.429. The van der Waals surface area contributed by atoms with Crippen molar-refractivity contribution in [1.29, 1.82) is 0 Å². The third-order valence-corrected chi connectivity index (χ3v) is 4.85. The number of nitrogens with zero attached hydrogens (tertiary/aromatic N) is 2. The van der Waals surface area contributed by atoms with Crippen LogP contribution in [0.1, 0.15) is 29.4 Å². The van der Waals surface area contributed by atoms with E-state index in [4.69, 9.17) is 0 Å². The minimum atomic E-state index is -0.121. The van der Waals surface area contributed by atoms with Crippen LogP contribution in [0.25, 0.3) is 0 Å². The van der Waals surface area contributed by atoms with Gasteiger partial charge in [-0.2, -0.15) is 0 Å². The molecule has 138 valence electrons. The van der Waals surface area contributed by atoms with Crippen LogP contribution in [0, 0.1) is 5.92 Å². The van der Waals surface area contributed by atoms with Crippen molar-refractivity contribution in [1.82, 2.24) is 15.2 Å². The standard InChI is InChI=1S/C21H28N4O/c1-2-22-21(26)20-14-19(8-11-23-20)24-15-18-10-13-25(16-18)12-9-17-6-4-3-5-7-17/h3-8,11,14,18H,2,9-10,12-13,15-16H2,1H3,(H,22,26)(H,23,24). The third kappa shape index (κ3) is 5.30. The predicted molar refractivity (Wildman–Crippen MR) is 105 cm³/mol. The minimum absolute atomic E-state index is 0.121. The van der Waals surface area contributed by atoms with Gasteiger partial charge in [-0.15, -0.1) is 0 Å². The lowest BCUT2D eigenvalue weighted by Gasteiger charge is -2.16. The molecule has 1 aromatic carbocycles. The summed E-state index contributed by atoms with van der Waals surface area (Å²) in [5.41, 5.74) is 2.83. The molecule has 0 radical (unpaired) electrons. The first kappa shape index (κ1) is 18.4.